The molecule has 2 unspecified atom stereocenters. The molecule has 86 valence electrons. The van der Waals surface area contributed by atoms with E-state index >= 15 is 0 Å². The Kier molecular flexibility index (Phi) is 4.59. The van der Waals surface area contributed by atoms with Gasteiger partial charge < -0.3 is 11.1 Å². The summed E-state index contributed by atoms with van der Waals surface area (Å²) < 4.78 is 0. The molecule has 15 heavy (non-hydrogen) atoms. The molecule has 0 aromatic heterocycles. The van der Waals surface area contributed by atoms with Crippen LogP contribution in [0.3, 0.4) is 0 Å². The number of carbonyl (C=O) groups is 2. The molecular weight excluding hydrogens is 192 g/mol. The van der Waals surface area contributed by atoms with Gasteiger partial charge in [0.2, 0.25) is 11.8 Å². The number of hydrogen-bond acceptors (Lipinski definition) is 2. The van der Waals surface area contributed by atoms with E-state index in [0.717, 1.165) is 6.42 Å². The molecule has 1 fully saturated rings. The first-order valence-electron chi connectivity index (χ1n) is 5.64. The predicted octanol–water partition coefficient (Wildman–Crippen LogP) is 0.804. The number of nitrogens with one attached hydrogen (secondary N) is 1. The number of nitrogens with two attached hydrogens (primary N) is 1. The van der Waals surface area contributed by atoms with Crippen molar-refractivity contribution in [3.63, 3.8) is 0 Å². The lowest BCUT2D eigenvalue weighted by molar-refractivity contribution is -0.125. The van der Waals surface area contributed by atoms with E-state index in [9.17, 15) is 9.59 Å². The summed E-state index contributed by atoms with van der Waals surface area (Å²) in [7, 11) is 0. The maximum Gasteiger partial charge on any atom is 0.236 e. The Labute approximate surface area is 90.6 Å². The Morgan fingerprint density at radius 1 is 1.33 bits per heavy atom. The molecule has 0 heterocycles. The second-order valence-electron chi connectivity index (χ2n) is 4.47. The van der Waals surface area contributed by atoms with Gasteiger partial charge in [0, 0.05) is 6.42 Å². The maximum absolute atomic E-state index is 11.4. The zero-order valence-corrected chi connectivity index (χ0v) is 9.29. The summed E-state index contributed by atoms with van der Waals surface area (Å²) in [5, 5.41) is 2.54. The number of rotatable bonds is 4. The molecule has 4 nitrogen and oxygen atoms in total. The van der Waals surface area contributed by atoms with Gasteiger partial charge in [-0.3, -0.25) is 9.59 Å². The van der Waals surface area contributed by atoms with Gasteiger partial charge in [-0.15, -0.1) is 0 Å². The Morgan fingerprint density at radius 2 is 2.00 bits per heavy atom. The SMILES string of the molecule is CC1CCCCC1CC(=O)NCC(N)=O. The average Bonchev–Trinajstić information content (AvgIpc) is 2.18. The average molecular weight is 212 g/mol. The van der Waals surface area contributed by atoms with E-state index in [1.54, 1.807) is 0 Å². The monoisotopic (exact) mass is 212 g/mol. The van der Waals surface area contributed by atoms with Crippen molar-refractivity contribution < 1.29 is 9.59 Å². The molecule has 0 saturated heterocycles. The molecule has 0 aromatic rings. The van der Waals surface area contributed by atoms with Gasteiger partial charge in [-0.25, -0.2) is 0 Å². The van der Waals surface area contributed by atoms with Crippen molar-refractivity contribution in [3.05, 3.63) is 0 Å². The Hall–Kier alpha value is -1.06. The van der Waals surface area contributed by atoms with Crippen molar-refractivity contribution in [1.29, 1.82) is 0 Å². The van der Waals surface area contributed by atoms with E-state index in [-0.39, 0.29) is 12.5 Å². The van der Waals surface area contributed by atoms with Gasteiger partial charge in [0.15, 0.2) is 0 Å². The molecular formula is C11H20N2O2. The molecule has 4 heteroatoms. The summed E-state index contributed by atoms with van der Waals surface area (Å²) in [6.07, 6.45) is 5.38. The number of amides is 2. The Morgan fingerprint density at radius 3 is 2.60 bits per heavy atom. The molecule has 0 aromatic carbocycles. The van der Waals surface area contributed by atoms with Crippen LogP contribution >= 0.6 is 0 Å². The summed E-state index contributed by atoms with van der Waals surface area (Å²) in [5.74, 6) is 0.567. The van der Waals surface area contributed by atoms with E-state index in [1.165, 1.54) is 19.3 Å². The van der Waals surface area contributed by atoms with Crippen LogP contribution in [0.25, 0.3) is 0 Å². The largest absolute Gasteiger partial charge is 0.368 e. The molecule has 0 spiro atoms. The topological polar surface area (TPSA) is 72.2 Å². The molecule has 0 aliphatic heterocycles. The first-order chi connectivity index (χ1) is 7.09. The number of hydrogen-bond donors (Lipinski definition) is 2. The maximum atomic E-state index is 11.4. The van der Waals surface area contributed by atoms with Crippen molar-refractivity contribution in [3.8, 4) is 0 Å². The third-order valence-electron chi connectivity index (χ3n) is 3.20. The molecule has 1 saturated carbocycles. The van der Waals surface area contributed by atoms with Crippen LogP contribution in [0.2, 0.25) is 0 Å². The van der Waals surface area contributed by atoms with Gasteiger partial charge in [0.1, 0.15) is 0 Å². The fraction of sp³-hybridized carbons (Fsp3) is 0.818. The first-order valence-corrected chi connectivity index (χ1v) is 5.64. The summed E-state index contributed by atoms with van der Waals surface area (Å²) in [6, 6.07) is 0. The number of carbonyl (C=O) groups excluding carboxylic acids is 2. The minimum atomic E-state index is -0.486. The lowest BCUT2D eigenvalue weighted by Crippen LogP contribution is -2.35. The van der Waals surface area contributed by atoms with Gasteiger partial charge in [-0.2, -0.15) is 0 Å². The van der Waals surface area contributed by atoms with E-state index in [1.807, 2.05) is 0 Å². The summed E-state index contributed by atoms with van der Waals surface area (Å²) in [5.41, 5.74) is 4.95. The van der Waals surface area contributed by atoms with Crippen LogP contribution in [-0.4, -0.2) is 18.4 Å². The van der Waals surface area contributed by atoms with Crippen LogP contribution in [0.1, 0.15) is 39.0 Å². The number of primary amides is 1. The van der Waals surface area contributed by atoms with Crippen LogP contribution in [0.4, 0.5) is 0 Å². The minimum Gasteiger partial charge on any atom is -0.368 e. The molecule has 2 atom stereocenters. The zero-order chi connectivity index (χ0) is 11.3. The van der Waals surface area contributed by atoms with Gasteiger partial charge in [0.25, 0.3) is 0 Å². The summed E-state index contributed by atoms with van der Waals surface area (Å²) >= 11 is 0. The fourth-order valence-electron chi connectivity index (χ4n) is 2.19. The van der Waals surface area contributed by atoms with E-state index in [2.05, 4.69) is 12.2 Å². The van der Waals surface area contributed by atoms with Crippen LogP contribution in [-0.2, 0) is 9.59 Å². The van der Waals surface area contributed by atoms with Crippen LogP contribution in [0.15, 0.2) is 0 Å². The Bertz CT molecular complexity index is 241. The van der Waals surface area contributed by atoms with Crippen molar-refractivity contribution >= 4 is 11.8 Å². The Balaban J connectivity index is 2.26. The molecule has 1 rings (SSSR count). The highest BCUT2D eigenvalue weighted by atomic mass is 16.2. The molecule has 3 N–H and O–H groups in total. The predicted molar refractivity (Wildman–Crippen MR) is 57.9 cm³/mol. The third kappa shape index (κ3) is 4.32. The quantitative estimate of drug-likeness (QED) is 0.723. The fourth-order valence-corrected chi connectivity index (χ4v) is 2.19. The molecule has 0 radical (unpaired) electrons. The van der Waals surface area contributed by atoms with E-state index in [0.29, 0.717) is 18.3 Å². The second kappa shape index (κ2) is 5.73. The van der Waals surface area contributed by atoms with Gasteiger partial charge in [-0.05, 0) is 18.3 Å². The van der Waals surface area contributed by atoms with Gasteiger partial charge in [-0.1, -0.05) is 26.2 Å². The van der Waals surface area contributed by atoms with Gasteiger partial charge in [0.05, 0.1) is 6.54 Å². The first kappa shape index (κ1) is 12.0. The highest BCUT2D eigenvalue weighted by molar-refractivity contribution is 5.83. The molecule has 0 bridgehead atoms. The molecule has 1 aliphatic rings. The van der Waals surface area contributed by atoms with Crippen molar-refractivity contribution in [2.75, 3.05) is 6.54 Å². The van der Waals surface area contributed by atoms with Gasteiger partial charge >= 0.3 is 0 Å². The lowest BCUT2D eigenvalue weighted by Gasteiger charge is -2.28. The van der Waals surface area contributed by atoms with Crippen LogP contribution < -0.4 is 11.1 Å². The van der Waals surface area contributed by atoms with Crippen LogP contribution in [0.5, 0.6) is 0 Å². The van der Waals surface area contributed by atoms with E-state index in [4.69, 9.17) is 5.73 Å². The zero-order valence-electron chi connectivity index (χ0n) is 9.29. The highest BCUT2D eigenvalue weighted by Gasteiger charge is 2.23. The lowest BCUT2D eigenvalue weighted by atomic mass is 9.78. The van der Waals surface area contributed by atoms with Crippen molar-refractivity contribution in [2.45, 2.75) is 39.0 Å². The minimum absolute atomic E-state index is 0.0417. The van der Waals surface area contributed by atoms with Crippen molar-refractivity contribution in [1.82, 2.24) is 5.32 Å². The second-order valence-corrected chi connectivity index (χ2v) is 4.47. The normalized spacial score (nSPS) is 25.9. The molecule has 1 aliphatic carbocycles. The van der Waals surface area contributed by atoms with Crippen molar-refractivity contribution in [2.24, 2.45) is 17.6 Å². The van der Waals surface area contributed by atoms with E-state index < -0.39 is 5.91 Å². The smallest absolute Gasteiger partial charge is 0.236 e. The standard InChI is InChI=1S/C11H20N2O2/c1-8-4-2-3-5-9(8)6-11(15)13-7-10(12)14/h8-9H,2-7H2,1H3,(H2,12,14)(H,13,15). The third-order valence-corrected chi connectivity index (χ3v) is 3.20. The molecule has 2 amide bonds. The highest BCUT2D eigenvalue weighted by Crippen LogP contribution is 2.31. The summed E-state index contributed by atoms with van der Waals surface area (Å²) in [4.78, 5) is 21.9. The summed E-state index contributed by atoms with van der Waals surface area (Å²) in [6.45, 7) is 2.16. The van der Waals surface area contributed by atoms with Crippen LogP contribution in [0, 0.1) is 11.8 Å².